The van der Waals surface area contributed by atoms with Gasteiger partial charge in [-0.25, -0.2) is 4.79 Å². The van der Waals surface area contributed by atoms with Crippen LogP contribution >= 0.6 is 0 Å². The van der Waals surface area contributed by atoms with Gasteiger partial charge in [-0.15, -0.1) is 0 Å². The highest BCUT2D eigenvalue weighted by Crippen LogP contribution is 2.09. The third-order valence-electron chi connectivity index (χ3n) is 1.46. The summed E-state index contributed by atoms with van der Waals surface area (Å²) >= 11 is 0. The first-order chi connectivity index (χ1) is 6.20. The molecule has 0 aliphatic rings. The van der Waals surface area contributed by atoms with Gasteiger partial charge in [-0.3, -0.25) is 0 Å². The summed E-state index contributed by atoms with van der Waals surface area (Å²) in [5, 5.41) is 8.47. The zero-order valence-electron chi connectivity index (χ0n) is 6.90. The molecule has 0 aliphatic carbocycles. The third kappa shape index (κ3) is 2.86. The molecule has 0 fully saturated rings. The number of nitrogens with one attached hydrogen (secondary N) is 1. The van der Waals surface area contributed by atoms with Crippen molar-refractivity contribution in [2.75, 3.05) is 0 Å². The number of carbonyl (C=O) groups is 1. The molecule has 2 rings (SSSR count). The number of aromatic amines is 1. The molecule has 2 aromatic rings. The van der Waals surface area contributed by atoms with Gasteiger partial charge in [0.05, 0.1) is 0 Å². The first-order valence-electron chi connectivity index (χ1n) is 3.70. The monoisotopic (exact) mass is 178 g/mol. The Kier molecular flexibility index (Phi) is 2.92. The molecule has 4 N–H and O–H groups in total. The standard InChI is InChI=1S/C8H7N.CH3NO2/c1-2-4-8-7(3-1)5-6-9-8;2-1(3)4/h1-6,9H;2H2,(H,3,4). The van der Waals surface area contributed by atoms with Crippen LogP contribution in [0.3, 0.4) is 0 Å². The van der Waals surface area contributed by atoms with Crippen molar-refractivity contribution in [3.05, 3.63) is 36.5 Å². The van der Waals surface area contributed by atoms with Crippen LogP contribution in [0.4, 0.5) is 4.79 Å². The number of fused-ring (bicyclic) bond motifs is 1. The van der Waals surface area contributed by atoms with Gasteiger partial charge in [0.25, 0.3) is 0 Å². The van der Waals surface area contributed by atoms with Gasteiger partial charge < -0.3 is 15.8 Å². The fourth-order valence-electron chi connectivity index (χ4n) is 0.995. The summed E-state index contributed by atoms with van der Waals surface area (Å²) in [7, 11) is 0. The fourth-order valence-corrected chi connectivity index (χ4v) is 0.995. The van der Waals surface area contributed by atoms with Gasteiger partial charge in [-0.1, -0.05) is 18.2 Å². The third-order valence-corrected chi connectivity index (χ3v) is 1.46. The number of aromatic nitrogens is 1. The lowest BCUT2D eigenvalue weighted by Gasteiger charge is -1.83. The molecule has 0 radical (unpaired) electrons. The molecule has 4 heteroatoms. The van der Waals surface area contributed by atoms with Gasteiger partial charge in [0.2, 0.25) is 0 Å². The van der Waals surface area contributed by atoms with Gasteiger partial charge in [-0.05, 0) is 17.5 Å². The van der Waals surface area contributed by atoms with E-state index in [2.05, 4.69) is 28.9 Å². The molecule has 13 heavy (non-hydrogen) atoms. The lowest BCUT2D eigenvalue weighted by molar-refractivity contribution is 0.205. The van der Waals surface area contributed by atoms with E-state index < -0.39 is 6.09 Å². The van der Waals surface area contributed by atoms with Crippen LogP contribution in [0.15, 0.2) is 36.5 Å². The van der Waals surface area contributed by atoms with Gasteiger partial charge in [-0.2, -0.15) is 0 Å². The van der Waals surface area contributed by atoms with Gasteiger partial charge >= 0.3 is 6.09 Å². The van der Waals surface area contributed by atoms with Crippen molar-refractivity contribution in [1.82, 2.24) is 4.98 Å². The molecule has 1 aromatic carbocycles. The van der Waals surface area contributed by atoms with Gasteiger partial charge in [0, 0.05) is 11.7 Å². The summed E-state index contributed by atoms with van der Waals surface area (Å²) in [5.41, 5.74) is 5.23. The summed E-state index contributed by atoms with van der Waals surface area (Å²) in [4.78, 5) is 11.9. The molecule has 4 nitrogen and oxygen atoms in total. The van der Waals surface area contributed by atoms with Crippen LogP contribution in [-0.4, -0.2) is 16.2 Å². The van der Waals surface area contributed by atoms with Crippen molar-refractivity contribution >= 4 is 17.0 Å². The van der Waals surface area contributed by atoms with Crippen molar-refractivity contribution in [2.45, 2.75) is 0 Å². The van der Waals surface area contributed by atoms with Gasteiger partial charge in [0.15, 0.2) is 0 Å². The smallest absolute Gasteiger partial charge is 0.402 e. The quantitative estimate of drug-likeness (QED) is 0.575. The first kappa shape index (κ1) is 9.12. The number of primary amides is 1. The average Bonchev–Trinajstić information content (AvgIpc) is 2.49. The minimum atomic E-state index is -1.33. The molecule has 1 amide bonds. The summed E-state index contributed by atoms with van der Waals surface area (Å²) in [6, 6.07) is 10.3. The molecule has 0 saturated carbocycles. The van der Waals surface area contributed by atoms with E-state index in [1.165, 1.54) is 10.9 Å². The zero-order chi connectivity index (χ0) is 9.68. The molecule has 0 atom stereocenters. The number of rotatable bonds is 0. The maximum atomic E-state index is 8.78. The Bertz CT molecular complexity index is 361. The Hall–Kier alpha value is -1.97. The summed E-state index contributed by atoms with van der Waals surface area (Å²) in [6.07, 6.45) is 0.616. The molecule has 1 aromatic heterocycles. The van der Waals surface area contributed by atoms with Crippen LogP contribution in [0.1, 0.15) is 0 Å². The van der Waals surface area contributed by atoms with E-state index >= 15 is 0 Å². The Labute approximate surface area is 75.0 Å². The van der Waals surface area contributed by atoms with Crippen LogP contribution in [0.25, 0.3) is 10.9 Å². The SMILES string of the molecule is NC(=O)O.c1ccc2[nH]ccc2c1. The molecule has 0 spiro atoms. The van der Waals surface area contributed by atoms with Crippen molar-refractivity contribution in [1.29, 1.82) is 0 Å². The number of para-hydroxylation sites is 1. The van der Waals surface area contributed by atoms with E-state index in [-0.39, 0.29) is 0 Å². The maximum Gasteiger partial charge on any atom is 0.402 e. The van der Waals surface area contributed by atoms with E-state index in [4.69, 9.17) is 9.90 Å². The zero-order valence-corrected chi connectivity index (χ0v) is 6.90. The van der Waals surface area contributed by atoms with Crippen molar-refractivity contribution < 1.29 is 9.90 Å². The van der Waals surface area contributed by atoms with Crippen LogP contribution in [0, 0.1) is 0 Å². The van der Waals surface area contributed by atoms with E-state index in [1.807, 2.05) is 18.3 Å². The normalized spacial score (nSPS) is 8.92. The van der Waals surface area contributed by atoms with Crippen LogP contribution in [0.5, 0.6) is 0 Å². The molecule has 0 aliphatic heterocycles. The van der Waals surface area contributed by atoms with Crippen molar-refractivity contribution in [3.63, 3.8) is 0 Å². The van der Waals surface area contributed by atoms with E-state index in [1.54, 1.807) is 0 Å². The predicted molar refractivity (Wildman–Crippen MR) is 50.5 cm³/mol. The minimum Gasteiger partial charge on any atom is -0.465 e. The highest BCUT2D eigenvalue weighted by atomic mass is 16.4. The highest BCUT2D eigenvalue weighted by Gasteiger charge is 1.86. The number of H-pyrrole nitrogens is 1. The lowest BCUT2D eigenvalue weighted by Crippen LogP contribution is -2.03. The van der Waals surface area contributed by atoms with E-state index in [9.17, 15) is 0 Å². The molecular formula is C9H10N2O2. The van der Waals surface area contributed by atoms with Crippen LogP contribution in [0.2, 0.25) is 0 Å². The maximum absolute atomic E-state index is 8.78. The van der Waals surface area contributed by atoms with E-state index in [0.717, 1.165) is 0 Å². The van der Waals surface area contributed by atoms with Crippen LogP contribution < -0.4 is 5.73 Å². The van der Waals surface area contributed by atoms with Gasteiger partial charge in [0.1, 0.15) is 0 Å². The number of carboxylic acid groups (broad SMARTS) is 1. The minimum absolute atomic E-state index is 1.21. The number of hydrogen-bond donors (Lipinski definition) is 3. The van der Waals surface area contributed by atoms with E-state index in [0.29, 0.717) is 0 Å². The number of amides is 1. The second kappa shape index (κ2) is 4.15. The van der Waals surface area contributed by atoms with Crippen LogP contribution in [-0.2, 0) is 0 Å². The Balaban J connectivity index is 0.000000184. The number of benzene rings is 1. The second-order valence-electron chi connectivity index (χ2n) is 2.40. The van der Waals surface area contributed by atoms with Crippen molar-refractivity contribution in [3.8, 4) is 0 Å². The molecule has 1 heterocycles. The average molecular weight is 178 g/mol. The second-order valence-corrected chi connectivity index (χ2v) is 2.40. The summed E-state index contributed by atoms with van der Waals surface area (Å²) in [6.45, 7) is 0. The highest BCUT2D eigenvalue weighted by molar-refractivity contribution is 5.78. The summed E-state index contributed by atoms with van der Waals surface area (Å²) in [5.74, 6) is 0. The molecule has 0 saturated heterocycles. The molecule has 0 unspecified atom stereocenters. The van der Waals surface area contributed by atoms with Crippen molar-refractivity contribution in [2.24, 2.45) is 5.73 Å². The Morgan fingerprint density at radius 2 is 1.92 bits per heavy atom. The molecule has 68 valence electrons. The summed E-state index contributed by atoms with van der Waals surface area (Å²) < 4.78 is 0. The first-order valence-corrected chi connectivity index (χ1v) is 3.70. The Morgan fingerprint density at radius 1 is 1.31 bits per heavy atom. The predicted octanol–water partition coefficient (Wildman–Crippen LogP) is 1.79. The Morgan fingerprint density at radius 3 is 2.54 bits per heavy atom. The fraction of sp³-hybridized carbons (Fsp3) is 0. The largest absolute Gasteiger partial charge is 0.465 e. The molecular weight excluding hydrogens is 168 g/mol. The molecule has 0 bridgehead atoms. The topological polar surface area (TPSA) is 79.1 Å². The number of hydrogen-bond acceptors (Lipinski definition) is 1. The number of nitrogens with two attached hydrogens (primary N) is 1. The lowest BCUT2D eigenvalue weighted by atomic mass is 10.3.